The highest BCUT2D eigenvalue weighted by atomic mass is 31.2. The number of phosphoric ester groups is 1. The van der Waals surface area contributed by atoms with Crippen molar-refractivity contribution in [3.8, 4) is 0 Å². The smallest absolute Gasteiger partial charge is 0.472 e. The minimum atomic E-state index is -4.33. The number of hydrogen-bond donors (Lipinski definition) is 3. The van der Waals surface area contributed by atoms with Gasteiger partial charge >= 0.3 is 13.8 Å². The van der Waals surface area contributed by atoms with E-state index in [0.29, 0.717) is 12.8 Å². The van der Waals surface area contributed by atoms with E-state index in [4.69, 9.17) is 24.3 Å². The van der Waals surface area contributed by atoms with Crippen LogP contribution < -0.4 is 5.73 Å². The van der Waals surface area contributed by atoms with Crippen molar-refractivity contribution in [2.75, 3.05) is 26.4 Å². The molecule has 0 aromatic carbocycles. The van der Waals surface area contributed by atoms with Gasteiger partial charge in [0.05, 0.1) is 25.6 Å². The van der Waals surface area contributed by atoms with Gasteiger partial charge in [-0.05, 0) is 83.1 Å². The average molecular weight is 790 g/mol. The van der Waals surface area contributed by atoms with Crippen LogP contribution in [0.15, 0.2) is 97.4 Å². The number of allylic oxidation sites excluding steroid dienone is 13. The number of ether oxygens (including phenoxy) is 2. The Morgan fingerprint density at radius 1 is 0.673 bits per heavy atom. The van der Waals surface area contributed by atoms with Crippen molar-refractivity contribution in [3.05, 3.63) is 97.4 Å². The molecule has 0 saturated carbocycles. The fourth-order valence-corrected chi connectivity index (χ4v) is 5.83. The predicted octanol–water partition coefficient (Wildman–Crippen LogP) is 11.6. The van der Waals surface area contributed by atoms with Crippen LogP contribution in [0.1, 0.15) is 142 Å². The number of esters is 1. The van der Waals surface area contributed by atoms with Crippen molar-refractivity contribution in [3.63, 3.8) is 0 Å². The Morgan fingerprint density at radius 2 is 1.25 bits per heavy atom. The molecule has 0 aromatic rings. The Labute approximate surface area is 334 Å². The van der Waals surface area contributed by atoms with E-state index in [1.807, 2.05) is 48.6 Å². The molecule has 0 saturated heterocycles. The first-order valence-corrected chi connectivity index (χ1v) is 22.4. The van der Waals surface area contributed by atoms with Crippen molar-refractivity contribution in [2.45, 2.75) is 154 Å². The van der Waals surface area contributed by atoms with E-state index in [0.717, 1.165) is 51.4 Å². The third kappa shape index (κ3) is 40.7. The molecule has 0 aromatic heterocycles. The molecule has 0 aliphatic rings. The first-order chi connectivity index (χ1) is 26.8. The summed E-state index contributed by atoms with van der Waals surface area (Å²) in [5.41, 5.74) is 5.35. The molecule has 0 bridgehead atoms. The Morgan fingerprint density at radius 3 is 1.93 bits per heavy atom. The molecule has 0 aliphatic carbocycles. The Balaban J connectivity index is 4.35. The minimum absolute atomic E-state index is 0.0236. The number of aliphatic hydroxyl groups is 1. The van der Waals surface area contributed by atoms with Gasteiger partial charge in [0, 0.05) is 13.0 Å². The number of phosphoric acid groups is 1. The molecule has 0 fully saturated rings. The van der Waals surface area contributed by atoms with Crippen LogP contribution >= 0.6 is 7.82 Å². The molecule has 0 radical (unpaired) electrons. The molecule has 10 heteroatoms. The van der Waals surface area contributed by atoms with Gasteiger partial charge in [-0.2, -0.15) is 0 Å². The number of unbranched alkanes of at least 4 members (excludes halogenated alkanes) is 11. The molecular formula is C45H76NO8P. The number of aliphatic hydroxyl groups excluding tert-OH is 1. The van der Waals surface area contributed by atoms with E-state index in [1.54, 1.807) is 12.3 Å². The standard InChI is InChI=1S/C45H76NO8P/c1-3-5-7-9-11-12-13-14-15-16-17-20-23-26-30-34-39-51-41-44(42-53-55(49,50)52-40-38-46)54-45(48)37-33-29-25-22-19-18-21-24-28-32-36-43(47)35-31-27-10-8-6-4-2/h6,8,14-15,18-19,24-25,27-29,31-32,34,36,39,43-44,47H,3-5,7,9-13,16-17,20-23,26,30,33,35,37-38,40-42,46H2,1-2H3,(H,49,50)/b8-6-,15-14-,19-18-,28-24-,29-25-,31-27-,36-32+,39-34+/t43?,44-/m1/s1. The fourth-order valence-electron chi connectivity index (χ4n) is 5.07. The highest BCUT2D eigenvalue weighted by molar-refractivity contribution is 7.47. The summed E-state index contributed by atoms with van der Waals surface area (Å²) < 4.78 is 33.0. The second-order valence-electron chi connectivity index (χ2n) is 13.4. The molecule has 0 amide bonds. The van der Waals surface area contributed by atoms with Crippen LogP contribution in [-0.4, -0.2) is 54.5 Å². The maximum absolute atomic E-state index is 12.5. The zero-order valence-corrected chi connectivity index (χ0v) is 35.1. The van der Waals surface area contributed by atoms with Gasteiger partial charge in [-0.3, -0.25) is 13.8 Å². The third-order valence-corrected chi connectivity index (χ3v) is 9.13. The van der Waals surface area contributed by atoms with Crippen LogP contribution in [0.2, 0.25) is 0 Å². The lowest BCUT2D eigenvalue weighted by molar-refractivity contribution is -0.153. The third-order valence-electron chi connectivity index (χ3n) is 8.14. The summed E-state index contributed by atoms with van der Waals surface area (Å²) in [7, 11) is -4.33. The SMILES string of the molecule is CC/C=C\C/C=C\CC(O)/C=C/C=C\C/C=C\C/C=C\CCC(=O)O[C@H](CO/C=C/CCCCCC/C=C\CCCCCCCC)COP(=O)(O)OCCN. The maximum Gasteiger partial charge on any atom is 0.472 e. The van der Waals surface area contributed by atoms with Crippen LogP contribution in [0.4, 0.5) is 0 Å². The van der Waals surface area contributed by atoms with Crippen molar-refractivity contribution in [1.29, 1.82) is 0 Å². The monoisotopic (exact) mass is 790 g/mol. The molecule has 2 unspecified atom stereocenters. The second-order valence-corrected chi connectivity index (χ2v) is 14.8. The quantitative estimate of drug-likeness (QED) is 0.0139. The zero-order valence-electron chi connectivity index (χ0n) is 34.2. The van der Waals surface area contributed by atoms with Crippen LogP contribution in [0, 0.1) is 0 Å². The summed E-state index contributed by atoms with van der Waals surface area (Å²) in [5.74, 6) is -0.460. The van der Waals surface area contributed by atoms with Crippen molar-refractivity contribution < 1.29 is 37.9 Å². The topological polar surface area (TPSA) is 138 Å². The summed E-state index contributed by atoms with van der Waals surface area (Å²) in [6.07, 6.45) is 51.3. The molecule has 314 valence electrons. The van der Waals surface area contributed by atoms with Crippen molar-refractivity contribution in [1.82, 2.24) is 0 Å². The summed E-state index contributed by atoms with van der Waals surface area (Å²) in [6, 6.07) is 0. The number of rotatable bonds is 38. The van der Waals surface area contributed by atoms with E-state index in [-0.39, 0.29) is 32.8 Å². The molecule has 0 aliphatic heterocycles. The first kappa shape index (κ1) is 52.2. The van der Waals surface area contributed by atoms with Crippen LogP contribution in [0.5, 0.6) is 0 Å². The van der Waals surface area contributed by atoms with Crippen LogP contribution in [-0.2, 0) is 27.9 Å². The lowest BCUT2D eigenvalue weighted by atomic mass is 10.1. The largest absolute Gasteiger partial charge is 0.498 e. The highest BCUT2D eigenvalue weighted by Gasteiger charge is 2.25. The molecule has 55 heavy (non-hydrogen) atoms. The normalized spacial score (nSPS) is 15.0. The maximum atomic E-state index is 12.5. The van der Waals surface area contributed by atoms with E-state index in [1.165, 1.54) is 57.8 Å². The summed E-state index contributed by atoms with van der Waals surface area (Å²) in [4.78, 5) is 22.4. The zero-order chi connectivity index (χ0) is 40.3. The van der Waals surface area contributed by atoms with E-state index in [9.17, 15) is 19.4 Å². The van der Waals surface area contributed by atoms with Gasteiger partial charge in [0.15, 0.2) is 6.10 Å². The number of nitrogens with two attached hydrogens (primary N) is 1. The van der Waals surface area contributed by atoms with Gasteiger partial charge in [0.25, 0.3) is 0 Å². The Kier molecular flexibility index (Phi) is 38.8. The minimum Gasteiger partial charge on any atom is -0.498 e. The van der Waals surface area contributed by atoms with Crippen LogP contribution in [0.3, 0.4) is 0 Å². The molecule has 3 atom stereocenters. The first-order valence-electron chi connectivity index (χ1n) is 20.9. The lowest BCUT2D eigenvalue weighted by Gasteiger charge is -2.19. The predicted molar refractivity (Wildman–Crippen MR) is 229 cm³/mol. The lowest BCUT2D eigenvalue weighted by Crippen LogP contribution is -2.27. The molecular weight excluding hydrogens is 713 g/mol. The van der Waals surface area contributed by atoms with Gasteiger partial charge in [-0.25, -0.2) is 4.57 Å². The molecule has 0 heterocycles. The van der Waals surface area contributed by atoms with Gasteiger partial charge < -0.3 is 25.2 Å². The van der Waals surface area contributed by atoms with Gasteiger partial charge in [0.1, 0.15) is 6.61 Å². The van der Waals surface area contributed by atoms with E-state index >= 15 is 0 Å². The van der Waals surface area contributed by atoms with Gasteiger partial charge in [-0.15, -0.1) is 0 Å². The number of carbonyl (C=O) groups excluding carboxylic acids is 1. The molecule has 0 spiro atoms. The number of carbonyl (C=O) groups is 1. The van der Waals surface area contributed by atoms with Gasteiger partial charge in [-0.1, -0.05) is 144 Å². The van der Waals surface area contributed by atoms with Gasteiger partial charge in [0.2, 0.25) is 0 Å². The molecule has 4 N–H and O–H groups in total. The average Bonchev–Trinajstić information content (AvgIpc) is 3.17. The summed E-state index contributed by atoms with van der Waals surface area (Å²) >= 11 is 0. The van der Waals surface area contributed by atoms with Crippen LogP contribution in [0.25, 0.3) is 0 Å². The fraction of sp³-hybridized carbons (Fsp3) is 0.622. The molecule has 9 nitrogen and oxygen atoms in total. The number of hydrogen-bond acceptors (Lipinski definition) is 8. The van der Waals surface area contributed by atoms with Crippen molar-refractivity contribution in [2.24, 2.45) is 5.73 Å². The Bertz CT molecular complexity index is 1170. The Hall–Kier alpha value is -2.78. The summed E-state index contributed by atoms with van der Waals surface area (Å²) in [5, 5.41) is 9.99. The highest BCUT2D eigenvalue weighted by Crippen LogP contribution is 2.43. The van der Waals surface area contributed by atoms with Crippen molar-refractivity contribution >= 4 is 13.8 Å². The molecule has 0 rings (SSSR count). The van der Waals surface area contributed by atoms with E-state index < -0.39 is 26.0 Å². The van der Waals surface area contributed by atoms with E-state index in [2.05, 4.69) is 50.3 Å². The summed E-state index contributed by atoms with van der Waals surface area (Å²) in [6.45, 7) is 3.91. The second kappa shape index (κ2) is 40.9.